The second-order valence-corrected chi connectivity index (χ2v) is 3.62. The van der Waals surface area contributed by atoms with Crippen molar-refractivity contribution in [2.45, 2.75) is 52.9 Å². The summed E-state index contributed by atoms with van der Waals surface area (Å²) in [5, 5.41) is 9.23. The third-order valence-corrected chi connectivity index (χ3v) is 2.83. The van der Waals surface area contributed by atoms with Crippen molar-refractivity contribution in [2.24, 2.45) is 0 Å². The highest BCUT2D eigenvalue weighted by Gasteiger charge is 2.29. The first-order valence-corrected chi connectivity index (χ1v) is 6.03. The number of nitriles is 1. The highest BCUT2D eigenvalue weighted by Crippen LogP contribution is 2.29. The summed E-state index contributed by atoms with van der Waals surface area (Å²) in [5.41, 5.74) is 1.67. The molecule has 0 saturated heterocycles. The number of aryl methyl sites for hydroxylation is 1. The van der Waals surface area contributed by atoms with Gasteiger partial charge in [0.15, 0.2) is 0 Å². The van der Waals surface area contributed by atoms with Gasteiger partial charge in [-0.15, -0.1) is 0 Å². The van der Waals surface area contributed by atoms with E-state index in [1.54, 1.807) is 6.20 Å². The predicted molar refractivity (Wildman–Crippen MR) is 68.2 cm³/mol. The Morgan fingerprint density at radius 3 is 2.25 bits per heavy atom. The van der Waals surface area contributed by atoms with Gasteiger partial charge in [-0.25, -0.2) is 0 Å². The van der Waals surface area contributed by atoms with E-state index in [0.29, 0.717) is 0 Å². The summed E-state index contributed by atoms with van der Waals surface area (Å²) in [6, 6.07) is 6.36. The molecule has 0 bridgehead atoms. The SMILES string of the molecule is CC.CCC(C#N)(CC)c1cc(C)ccn1. The average molecular weight is 218 g/mol. The predicted octanol–water partition coefficient (Wildman–Crippen LogP) is 4.00. The third-order valence-electron chi connectivity index (χ3n) is 2.83. The van der Waals surface area contributed by atoms with Crippen molar-refractivity contribution in [3.05, 3.63) is 29.6 Å². The van der Waals surface area contributed by atoms with Crippen LogP contribution in [0.3, 0.4) is 0 Å². The van der Waals surface area contributed by atoms with Crippen LogP contribution in [0.5, 0.6) is 0 Å². The minimum Gasteiger partial charge on any atom is -0.260 e. The molecule has 0 saturated carbocycles. The zero-order valence-corrected chi connectivity index (χ0v) is 11.0. The van der Waals surface area contributed by atoms with Gasteiger partial charge in [0.25, 0.3) is 0 Å². The van der Waals surface area contributed by atoms with Crippen LogP contribution in [-0.2, 0) is 5.41 Å². The van der Waals surface area contributed by atoms with Gasteiger partial charge >= 0.3 is 0 Å². The van der Waals surface area contributed by atoms with Gasteiger partial charge in [-0.2, -0.15) is 5.26 Å². The molecule has 1 heterocycles. The maximum Gasteiger partial charge on any atom is 0.0987 e. The molecule has 0 N–H and O–H groups in total. The molecule has 16 heavy (non-hydrogen) atoms. The summed E-state index contributed by atoms with van der Waals surface area (Å²) in [6.07, 6.45) is 3.41. The van der Waals surface area contributed by atoms with Crippen LogP contribution in [0.2, 0.25) is 0 Å². The van der Waals surface area contributed by atoms with Crippen molar-refractivity contribution in [3.63, 3.8) is 0 Å². The molecule has 0 aliphatic rings. The Kier molecular flexibility index (Phi) is 6.41. The van der Waals surface area contributed by atoms with Crippen LogP contribution in [0.15, 0.2) is 18.3 Å². The van der Waals surface area contributed by atoms with Gasteiger partial charge in [0, 0.05) is 6.20 Å². The van der Waals surface area contributed by atoms with E-state index in [-0.39, 0.29) is 0 Å². The van der Waals surface area contributed by atoms with Gasteiger partial charge in [-0.3, -0.25) is 4.98 Å². The van der Waals surface area contributed by atoms with E-state index >= 15 is 0 Å². The minimum atomic E-state index is -0.397. The van der Waals surface area contributed by atoms with Crippen LogP contribution in [0.1, 0.15) is 51.8 Å². The van der Waals surface area contributed by atoms with Crippen molar-refractivity contribution in [3.8, 4) is 6.07 Å². The highest BCUT2D eigenvalue weighted by molar-refractivity contribution is 5.28. The molecule has 0 fully saturated rings. The molecule has 1 aromatic heterocycles. The summed E-state index contributed by atoms with van der Waals surface area (Å²) in [4.78, 5) is 4.30. The van der Waals surface area contributed by atoms with Crippen LogP contribution in [0, 0.1) is 18.3 Å². The Morgan fingerprint density at radius 1 is 1.31 bits per heavy atom. The maximum atomic E-state index is 9.23. The van der Waals surface area contributed by atoms with Gasteiger partial charge in [-0.1, -0.05) is 27.7 Å². The largest absolute Gasteiger partial charge is 0.260 e. The lowest BCUT2D eigenvalue weighted by Gasteiger charge is -2.22. The molecule has 1 rings (SSSR count). The summed E-state index contributed by atoms with van der Waals surface area (Å²) in [7, 11) is 0. The number of hydrogen-bond donors (Lipinski definition) is 0. The molecule has 0 amide bonds. The molecule has 88 valence electrons. The topological polar surface area (TPSA) is 36.7 Å². The van der Waals surface area contributed by atoms with Crippen molar-refractivity contribution < 1.29 is 0 Å². The first-order chi connectivity index (χ1) is 7.68. The summed E-state index contributed by atoms with van der Waals surface area (Å²) < 4.78 is 0. The quantitative estimate of drug-likeness (QED) is 0.769. The Morgan fingerprint density at radius 2 is 1.88 bits per heavy atom. The molecule has 0 atom stereocenters. The average Bonchev–Trinajstić information content (AvgIpc) is 2.35. The Bertz CT molecular complexity index is 346. The second kappa shape index (κ2) is 7.00. The van der Waals surface area contributed by atoms with Gasteiger partial charge in [0.2, 0.25) is 0 Å². The molecule has 0 aliphatic carbocycles. The summed E-state index contributed by atoms with van der Waals surface area (Å²) >= 11 is 0. The normalized spacial score (nSPS) is 10.0. The van der Waals surface area contributed by atoms with Crippen molar-refractivity contribution in [1.29, 1.82) is 5.26 Å². The fourth-order valence-corrected chi connectivity index (χ4v) is 1.63. The molecule has 2 nitrogen and oxygen atoms in total. The van der Waals surface area contributed by atoms with E-state index in [4.69, 9.17) is 0 Å². The van der Waals surface area contributed by atoms with E-state index < -0.39 is 5.41 Å². The fraction of sp³-hybridized carbons (Fsp3) is 0.571. The first kappa shape index (κ1) is 14.6. The number of rotatable bonds is 3. The van der Waals surface area contributed by atoms with E-state index in [0.717, 1.165) is 24.1 Å². The van der Waals surface area contributed by atoms with Crippen LogP contribution in [-0.4, -0.2) is 4.98 Å². The standard InChI is InChI=1S/C12H16N2.C2H6/c1-4-12(5-2,9-13)11-8-10(3)6-7-14-11;1-2/h6-8H,4-5H2,1-3H3;1-2H3. The zero-order chi connectivity index (χ0) is 12.6. The van der Waals surface area contributed by atoms with Crippen molar-refractivity contribution >= 4 is 0 Å². The Labute approximate surface area is 99.3 Å². The maximum absolute atomic E-state index is 9.23. The number of pyridine rings is 1. The van der Waals surface area contributed by atoms with E-state index in [1.165, 1.54) is 0 Å². The third kappa shape index (κ3) is 3.06. The van der Waals surface area contributed by atoms with E-state index in [9.17, 15) is 5.26 Å². The van der Waals surface area contributed by atoms with Crippen LogP contribution < -0.4 is 0 Å². The lowest BCUT2D eigenvalue weighted by Crippen LogP contribution is -2.23. The van der Waals surface area contributed by atoms with Crippen LogP contribution in [0.25, 0.3) is 0 Å². The van der Waals surface area contributed by atoms with Crippen molar-refractivity contribution in [2.75, 3.05) is 0 Å². The van der Waals surface area contributed by atoms with Crippen LogP contribution >= 0.6 is 0 Å². The second-order valence-electron chi connectivity index (χ2n) is 3.62. The van der Waals surface area contributed by atoms with Crippen LogP contribution in [0.4, 0.5) is 0 Å². The number of aromatic nitrogens is 1. The Balaban J connectivity index is 0.00000106. The fourth-order valence-electron chi connectivity index (χ4n) is 1.63. The number of nitrogens with zero attached hydrogens (tertiary/aromatic N) is 2. The lowest BCUT2D eigenvalue weighted by molar-refractivity contribution is 0.496. The van der Waals surface area contributed by atoms with E-state index in [2.05, 4.69) is 11.1 Å². The summed E-state index contributed by atoms with van der Waals surface area (Å²) in [5.74, 6) is 0. The molecular weight excluding hydrogens is 196 g/mol. The molecule has 0 aromatic carbocycles. The Hall–Kier alpha value is -1.36. The zero-order valence-electron chi connectivity index (χ0n) is 11.0. The molecule has 0 spiro atoms. The summed E-state index contributed by atoms with van der Waals surface area (Å²) in [6.45, 7) is 10.1. The highest BCUT2D eigenvalue weighted by atomic mass is 14.7. The minimum absolute atomic E-state index is 0.397. The monoisotopic (exact) mass is 218 g/mol. The van der Waals surface area contributed by atoms with Gasteiger partial charge in [0.1, 0.15) is 0 Å². The molecule has 2 heteroatoms. The van der Waals surface area contributed by atoms with Gasteiger partial charge in [0.05, 0.1) is 17.2 Å². The molecule has 1 aromatic rings. The molecule has 0 radical (unpaired) electrons. The first-order valence-electron chi connectivity index (χ1n) is 6.03. The smallest absolute Gasteiger partial charge is 0.0987 e. The van der Waals surface area contributed by atoms with Gasteiger partial charge < -0.3 is 0 Å². The van der Waals surface area contributed by atoms with Gasteiger partial charge in [-0.05, 0) is 37.5 Å². The lowest BCUT2D eigenvalue weighted by atomic mass is 9.80. The van der Waals surface area contributed by atoms with Crippen molar-refractivity contribution in [1.82, 2.24) is 4.98 Å². The molecule has 0 aliphatic heterocycles. The molecule has 0 unspecified atom stereocenters. The molecular formula is C14H22N2. The van der Waals surface area contributed by atoms with E-state index in [1.807, 2.05) is 46.8 Å². The number of hydrogen-bond acceptors (Lipinski definition) is 2.